The van der Waals surface area contributed by atoms with E-state index in [1.165, 1.54) is 11.8 Å². The van der Waals surface area contributed by atoms with E-state index < -0.39 is 0 Å². The van der Waals surface area contributed by atoms with Crippen LogP contribution < -0.4 is 10.2 Å². The number of amides is 1. The van der Waals surface area contributed by atoms with Crippen LogP contribution in [0.25, 0.3) is 17.0 Å². The summed E-state index contributed by atoms with van der Waals surface area (Å²) in [5.41, 5.74) is 3.38. The lowest BCUT2D eigenvalue weighted by molar-refractivity contribution is -0.115. The van der Waals surface area contributed by atoms with Crippen molar-refractivity contribution < 1.29 is 9.53 Å². The summed E-state index contributed by atoms with van der Waals surface area (Å²) in [6.45, 7) is 3.10. The molecule has 1 amide bonds. The third kappa shape index (κ3) is 4.34. The average Bonchev–Trinajstić information content (AvgIpc) is 3.15. The summed E-state index contributed by atoms with van der Waals surface area (Å²) < 4.78 is 5.48. The van der Waals surface area contributed by atoms with Crippen molar-refractivity contribution in [3.63, 3.8) is 0 Å². The molecule has 1 aromatic heterocycles. The fourth-order valence-electron chi connectivity index (χ4n) is 3.65. The number of carbonyl (C=O) groups excluding carboxylic acids is 1. The minimum Gasteiger partial charge on any atom is -0.378 e. The van der Waals surface area contributed by atoms with Gasteiger partial charge in [0.15, 0.2) is 5.17 Å². The maximum atomic E-state index is 12.5. The molecule has 2 aromatic carbocycles. The largest absolute Gasteiger partial charge is 0.378 e. The van der Waals surface area contributed by atoms with Crippen LogP contribution in [0.4, 0.5) is 11.4 Å². The molecule has 2 saturated heterocycles. The minimum absolute atomic E-state index is 0.211. The topological polar surface area (TPSA) is 66.8 Å². The van der Waals surface area contributed by atoms with Gasteiger partial charge in [-0.1, -0.05) is 35.3 Å². The molecule has 0 unspecified atom stereocenters. The highest BCUT2D eigenvalue weighted by Crippen LogP contribution is 2.36. The van der Waals surface area contributed by atoms with E-state index in [4.69, 9.17) is 27.9 Å². The molecule has 5 rings (SSSR count). The summed E-state index contributed by atoms with van der Waals surface area (Å²) >= 11 is 13.7. The normalized spacial score (nSPS) is 19.2. The second-order valence-corrected chi connectivity index (χ2v) is 9.10. The van der Waals surface area contributed by atoms with Crippen LogP contribution in [0.3, 0.4) is 0 Å². The molecule has 2 aliphatic heterocycles. The first-order valence-corrected chi connectivity index (χ1v) is 11.6. The van der Waals surface area contributed by atoms with Gasteiger partial charge < -0.3 is 15.0 Å². The number of aromatic nitrogens is 1. The zero-order valence-electron chi connectivity index (χ0n) is 16.8. The lowest BCUT2D eigenvalue weighted by Crippen LogP contribution is -2.36. The van der Waals surface area contributed by atoms with Crippen molar-refractivity contribution in [3.05, 3.63) is 69.2 Å². The molecule has 2 fully saturated rings. The van der Waals surface area contributed by atoms with Gasteiger partial charge in [0.1, 0.15) is 5.69 Å². The minimum atomic E-state index is -0.211. The van der Waals surface area contributed by atoms with Crippen LogP contribution in [0, 0.1) is 0 Å². The fraction of sp³-hybridized carbons (Fsp3) is 0.174. The van der Waals surface area contributed by atoms with Gasteiger partial charge in [-0.3, -0.25) is 9.78 Å². The lowest BCUT2D eigenvalue weighted by Gasteiger charge is -2.29. The molecule has 0 saturated carbocycles. The van der Waals surface area contributed by atoms with E-state index in [-0.39, 0.29) is 5.91 Å². The monoisotopic (exact) mass is 484 g/mol. The van der Waals surface area contributed by atoms with Crippen molar-refractivity contribution in [2.45, 2.75) is 0 Å². The Labute approximate surface area is 199 Å². The van der Waals surface area contributed by atoms with Gasteiger partial charge in [-0.05, 0) is 53.7 Å². The first-order chi connectivity index (χ1) is 15.6. The summed E-state index contributed by atoms with van der Waals surface area (Å²) in [6, 6.07) is 13.2. The number of para-hydroxylation sites is 1. The molecule has 2 aliphatic rings. The highest BCUT2D eigenvalue weighted by atomic mass is 35.5. The molecule has 3 aromatic rings. The van der Waals surface area contributed by atoms with Gasteiger partial charge in [-0.2, -0.15) is 0 Å². The highest BCUT2D eigenvalue weighted by molar-refractivity contribution is 8.18. The molecule has 0 radical (unpaired) electrons. The third-order valence-corrected chi connectivity index (χ3v) is 6.71. The molecule has 0 spiro atoms. The lowest BCUT2D eigenvalue weighted by atomic mass is 10.1. The van der Waals surface area contributed by atoms with E-state index >= 15 is 0 Å². The van der Waals surface area contributed by atoms with E-state index in [0.29, 0.717) is 39.0 Å². The van der Waals surface area contributed by atoms with Crippen molar-refractivity contribution in [1.29, 1.82) is 0 Å². The van der Waals surface area contributed by atoms with Crippen LogP contribution in [0.15, 0.2) is 58.6 Å². The van der Waals surface area contributed by atoms with Crippen molar-refractivity contribution >= 4 is 74.4 Å². The molecule has 1 N–H and O–H groups in total. The quantitative estimate of drug-likeness (QED) is 0.512. The Bertz CT molecular complexity index is 1250. The van der Waals surface area contributed by atoms with E-state index in [1.54, 1.807) is 18.2 Å². The number of fused-ring (bicyclic) bond motifs is 1. The molecule has 0 aliphatic carbocycles. The van der Waals surface area contributed by atoms with Crippen LogP contribution in [0.1, 0.15) is 5.56 Å². The second-order valence-electron chi connectivity index (χ2n) is 7.26. The molecule has 162 valence electrons. The van der Waals surface area contributed by atoms with Gasteiger partial charge in [0, 0.05) is 30.4 Å². The smallest absolute Gasteiger partial charge is 0.264 e. The zero-order chi connectivity index (χ0) is 22.1. The average molecular weight is 485 g/mol. The number of hydrogen-bond donors (Lipinski definition) is 1. The Morgan fingerprint density at radius 3 is 2.69 bits per heavy atom. The number of anilines is 1. The summed E-state index contributed by atoms with van der Waals surface area (Å²) in [4.78, 5) is 24.3. The number of carbonyl (C=O) groups is 1. The molecule has 0 bridgehead atoms. The standard InChI is InChI=1S/C23H18Cl2N4O2S/c24-16-2-1-3-17(25)21(16)27-23-28-22(30)20(32-23)13-14-4-5-18-15(12-14)19(6-7-26-18)29-8-10-31-11-9-29/h1-7,12-13H,8-11H2,(H,27,28,30)/b20-13-. The number of amidine groups is 1. The molecule has 6 nitrogen and oxygen atoms in total. The van der Waals surface area contributed by atoms with Crippen LogP contribution >= 0.6 is 35.0 Å². The van der Waals surface area contributed by atoms with E-state index in [1.807, 2.05) is 30.5 Å². The first-order valence-electron chi connectivity index (χ1n) is 10.0. The molecule has 3 heterocycles. The van der Waals surface area contributed by atoms with Gasteiger partial charge in [-0.15, -0.1) is 0 Å². The number of thioether (sulfide) groups is 1. The zero-order valence-corrected chi connectivity index (χ0v) is 19.2. The second kappa shape index (κ2) is 9.11. The molecular formula is C23H18Cl2N4O2S. The summed E-state index contributed by atoms with van der Waals surface area (Å²) in [7, 11) is 0. The van der Waals surface area contributed by atoms with E-state index in [2.05, 4.69) is 26.3 Å². The third-order valence-electron chi connectivity index (χ3n) is 5.19. The number of hydrogen-bond acceptors (Lipinski definition) is 6. The molecule has 9 heteroatoms. The van der Waals surface area contributed by atoms with Crippen molar-refractivity contribution in [2.75, 3.05) is 31.2 Å². The van der Waals surface area contributed by atoms with Crippen molar-refractivity contribution in [1.82, 2.24) is 10.3 Å². The highest BCUT2D eigenvalue weighted by Gasteiger charge is 2.24. The number of aliphatic imine (C=N–C) groups is 1. The number of morpholine rings is 1. The van der Waals surface area contributed by atoms with Crippen LogP contribution in [0.5, 0.6) is 0 Å². The van der Waals surface area contributed by atoms with Gasteiger partial charge in [0.05, 0.1) is 33.7 Å². The van der Waals surface area contributed by atoms with E-state index in [9.17, 15) is 4.79 Å². The van der Waals surface area contributed by atoms with Crippen LogP contribution in [-0.2, 0) is 9.53 Å². The number of rotatable bonds is 3. The van der Waals surface area contributed by atoms with Crippen LogP contribution in [-0.4, -0.2) is 42.4 Å². The molecule has 0 atom stereocenters. The number of ether oxygens (including phenoxy) is 1. The summed E-state index contributed by atoms with van der Waals surface area (Å²) in [5, 5.41) is 5.12. The van der Waals surface area contributed by atoms with Gasteiger partial charge >= 0.3 is 0 Å². The Kier molecular flexibility index (Phi) is 6.06. The Balaban J connectivity index is 1.46. The van der Waals surface area contributed by atoms with Gasteiger partial charge in [0.25, 0.3) is 5.91 Å². The maximum absolute atomic E-state index is 12.5. The maximum Gasteiger partial charge on any atom is 0.264 e. The predicted molar refractivity (Wildman–Crippen MR) is 132 cm³/mol. The molecular weight excluding hydrogens is 467 g/mol. The predicted octanol–water partition coefficient (Wildman–Crippen LogP) is 5.27. The van der Waals surface area contributed by atoms with Crippen molar-refractivity contribution in [2.24, 2.45) is 4.99 Å². The Morgan fingerprint density at radius 2 is 1.91 bits per heavy atom. The Hall–Kier alpha value is -2.58. The van der Waals surface area contributed by atoms with Gasteiger partial charge in [-0.25, -0.2) is 4.99 Å². The van der Waals surface area contributed by atoms with E-state index in [0.717, 1.165) is 35.2 Å². The first kappa shape index (κ1) is 21.3. The number of halogens is 2. The number of nitrogens with one attached hydrogen (secondary N) is 1. The fourth-order valence-corrected chi connectivity index (χ4v) is 4.96. The summed E-state index contributed by atoms with van der Waals surface area (Å²) in [6.07, 6.45) is 3.68. The van der Waals surface area contributed by atoms with Gasteiger partial charge in [0.2, 0.25) is 0 Å². The number of nitrogens with zero attached hydrogens (tertiary/aromatic N) is 3. The number of pyridine rings is 1. The summed E-state index contributed by atoms with van der Waals surface area (Å²) in [5.74, 6) is -0.211. The van der Waals surface area contributed by atoms with Crippen molar-refractivity contribution in [3.8, 4) is 0 Å². The molecule has 32 heavy (non-hydrogen) atoms. The van der Waals surface area contributed by atoms with Crippen LogP contribution in [0.2, 0.25) is 10.0 Å². The SMILES string of the molecule is O=C1NC(=Nc2c(Cl)cccc2Cl)S/C1=C\c1ccc2nccc(N3CCOCC3)c2c1. The Morgan fingerprint density at radius 1 is 1.12 bits per heavy atom. The number of benzene rings is 2.